The fraction of sp³-hybridized carbons (Fsp3) is 0.400. The Labute approximate surface area is 92.2 Å². The Balaban J connectivity index is 2.88. The van der Waals surface area contributed by atoms with Gasteiger partial charge >= 0.3 is 0 Å². The fourth-order valence-electron chi connectivity index (χ4n) is 1.19. The van der Waals surface area contributed by atoms with Crippen LogP contribution in [0.1, 0.15) is 11.7 Å². The molecule has 1 atom stereocenters. The number of benzene rings is 1. The van der Waals surface area contributed by atoms with Gasteiger partial charge in [-0.2, -0.15) is 0 Å². The first-order valence-corrected chi connectivity index (χ1v) is 5.14. The van der Waals surface area contributed by atoms with Crippen molar-refractivity contribution in [3.63, 3.8) is 0 Å². The van der Waals surface area contributed by atoms with Gasteiger partial charge in [0.05, 0.1) is 17.7 Å². The van der Waals surface area contributed by atoms with E-state index in [0.717, 1.165) is 15.8 Å². The van der Waals surface area contributed by atoms with Crippen molar-refractivity contribution in [3.05, 3.63) is 28.2 Å². The van der Waals surface area contributed by atoms with E-state index in [0.29, 0.717) is 6.54 Å². The molecule has 0 radical (unpaired) electrons. The number of methoxy groups -OCH3 is 1. The maximum atomic E-state index is 9.70. The van der Waals surface area contributed by atoms with Gasteiger partial charge in [0.15, 0.2) is 0 Å². The second-order valence-electron chi connectivity index (χ2n) is 2.97. The Bertz CT molecular complexity index is 304. The van der Waals surface area contributed by atoms with Crippen LogP contribution in [0.3, 0.4) is 0 Å². The number of aliphatic hydroxyl groups is 1. The van der Waals surface area contributed by atoms with E-state index in [1.165, 1.54) is 0 Å². The number of hydrogen-bond donors (Lipinski definition) is 2. The van der Waals surface area contributed by atoms with Crippen molar-refractivity contribution in [2.45, 2.75) is 6.10 Å². The average molecular weight is 260 g/mol. The average Bonchev–Trinajstić information content (AvgIpc) is 2.19. The van der Waals surface area contributed by atoms with Crippen molar-refractivity contribution >= 4 is 15.9 Å². The minimum absolute atomic E-state index is 0.498. The number of aliphatic hydroxyl groups excluding tert-OH is 1. The van der Waals surface area contributed by atoms with Crippen LogP contribution in [0.2, 0.25) is 0 Å². The van der Waals surface area contributed by atoms with Crippen LogP contribution >= 0.6 is 15.9 Å². The standard InChI is InChI=1S/C10H14BrNO2/c1-12-6-9(13)7-3-4-8(11)10(5-7)14-2/h3-5,9,12-13H,6H2,1-2H3. The molecule has 0 aromatic heterocycles. The van der Waals surface area contributed by atoms with Crippen LogP contribution in [0, 0.1) is 0 Å². The molecule has 1 aromatic rings. The maximum Gasteiger partial charge on any atom is 0.133 e. The molecule has 4 heteroatoms. The normalized spacial score (nSPS) is 12.6. The van der Waals surface area contributed by atoms with Gasteiger partial charge in [0.1, 0.15) is 5.75 Å². The molecular formula is C10H14BrNO2. The number of nitrogens with one attached hydrogen (secondary N) is 1. The molecule has 0 aliphatic heterocycles. The third-order valence-electron chi connectivity index (χ3n) is 1.96. The summed E-state index contributed by atoms with van der Waals surface area (Å²) >= 11 is 3.36. The Morgan fingerprint density at radius 3 is 2.86 bits per heavy atom. The lowest BCUT2D eigenvalue weighted by atomic mass is 10.1. The predicted molar refractivity (Wildman–Crippen MR) is 59.6 cm³/mol. The Morgan fingerprint density at radius 1 is 1.57 bits per heavy atom. The summed E-state index contributed by atoms with van der Waals surface area (Å²) in [6.45, 7) is 0.533. The zero-order chi connectivity index (χ0) is 10.6. The summed E-state index contributed by atoms with van der Waals surface area (Å²) < 4.78 is 6.02. The Morgan fingerprint density at radius 2 is 2.29 bits per heavy atom. The largest absolute Gasteiger partial charge is 0.496 e. The van der Waals surface area contributed by atoms with Gasteiger partial charge in [0.2, 0.25) is 0 Å². The highest BCUT2D eigenvalue weighted by Gasteiger charge is 2.08. The molecule has 2 N–H and O–H groups in total. The molecule has 1 unspecified atom stereocenters. The lowest BCUT2D eigenvalue weighted by Crippen LogP contribution is -2.16. The van der Waals surface area contributed by atoms with Gasteiger partial charge < -0.3 is 15.2 Å². The summed E-state index contributed by atoms with van der Waals surface area (Å²) in [5.41, 5.74) is 0.847. The molecule has 78 valence electrons. The number of likely N-dealkylation sites (N-methyl/N-ethyl adjacent to an activating group) is 1. The molecule has 1 aromatic carbocycles. The van der Waals surface area contributed by atoms with Gasteiger partial charge in [-0.25, -0.2) is 0 Å². The number of halogens is 1. The molecule has 0 aliphatic carbocycles. The van der Waals surface area contributed by atoms with Gasteiger partial charge in [0.25, 0.3) is 0 Å². The molecule has 0 saturated carbocycles. The van der Waals surface area contributed by atoms with Crippen LogP contribution in [0.5, 0.6) is 5.75 Å². The van der Waals surface area contributed by atoms with Crippen molar-refractivity contribution in [2.24, 2.45) is 0 Å². The Hall–Kier alpha value is -0.580. The van der Waals surface area contributed by atoms with Crippen LogP contribution in [0.4, 0.5) is 0 Å². The summed E-state index contributed by atoms with van der Waals surface area (Å²) in [7, 11) is 3.41. The molecule has 0 saturated heterocycles. The van der Waals surface area contributed by atoms with Crippen molar-refractivity contribution in [1.29, 1.82) is 0 Å². The number of hydrogen-bond acceptors (Lipinski definition) is 3. The summed E-state index contributed by atoms with van der Waals surface area (Å²) in [6, 6.07) is 5.56. The van der Waals surface area contributed by atoms with E-state index in [-0.39, 0.29) is 0 Å². The predicted octanol–water partition coefficient (Wildman–Crippen LogP) is 1.71. The molecule has 0 fully saturated rings. The third-order valence-corrected chi connectivity index (χ3v) is 2.61. The van der Waals surface area contributed by atoms with E-state index in [4.69, 9.17) is 4.74 Å². The van der Waals surface area contributed by atoms with Gasteiger partial charge in [-0.3, -0.25) is 0 Å². The quantitative estimate of drug-likeness (QED) is 0.866. The van der Waals surface area contributed by atoms with Crippen LogP contribution < -0.4 is 10.1 Å². The van der Waals surface area contributed by atoms with E-state index in [9.17, 15) is 5.11 Å². The molecule has 0 spiro atoms. The summed E-state index contributed by atoms with van der Waals surface area (Å²) in [4.78, 5) is 0. The third kappa shape index (κ3) is 2.70. The lowest BCUT2D eigenvalue weighted by Gasteiger charge is -2.12. The molecule has 0 aliphatic rings. The fourth-order valence-corrected chi connectivity index (χ4v) is 1.60. The van der Waals surface area contributed by atoms with E-state index in [1.807, 2.05) is 18.2 Å². The monoisotopic (exact) mass is 259 g/mol. The van der Waals surface area contributed by atoms with Crippen LogP contribution in [0.25, 0.3) is 0 Å². The molecule has 14 heavy (non-hydrogen) atoms. The van der Waals surface area contributed by atoms with Crippen molar-refractivity contribution < 1.29 is 9.84 Å². The van der Waals surface area contributed by atoms with Gasteiger partial charge in [-0.15, -0.1) is 0 Å². The zero-order valence-corrected chi connectivity index (χ0v) is 9.84. The topological polar surface area (TPSA) is 41.5 Å². The van der Waals surface area contributed by atoms with Crippen LogP contribution in [0.15, 0.2) is 22.7 Å². The summed E-state index contributed by atoms with van der Waals surface area (Å²) in [5.74, 6) is 0.734. The van der Waals surface area contributed by atoms with Gasteiger partial charge in [-0.1, -0.05) is 6.07 Å². The molecular weight excluding hydrogens is 246 g/mol. The SMILES string of the molecule is CNCC(O)c1ccc(Br)c(OC)c1. The summed E-state index contributed by atoms with van der Waals surface area (Å²) in [6.07, 6.45) is -0.498. The first kappa shape index (κ1) is 11.5. The number of ether oxygens (including phenoxy) is 1. The van der Waals surface area contributed by atoms with Gasteiger partial charge in [-0.05, 0) is 40.7 Å². The molecule has 0 bridgehead atoms. The molecule has 1 rings (SSSR count). The van der Waals surface area contributed by atoms with Crippen molar-refractivity contribution in [1.82, 2.24) is 5.32 Å². The van der Waals surface area contributed by atoms with E-state index in [1.54, 1.807) is 14.2 Å². The maximum absolute atomic E-state index is 9.70. The number of rotatable bonds is 4. The highest BCUT2D eigenvalue weighted by atomic mass is 79.9. The second kappa shape index (κ2) is 5.34. The zero-order valence-electron chi connectivity index (χ0n) is 8.25. The van der Waals surface area contributed by atoms with Gasteiger partial charge in [0, 0.05) is 6.54 Å². The molecule has 0 amide bonds. The smallest absolute Gasteiger partial charge is 0.133 e. The molecule has 3 nitrogen and oxygen atoms in total. The highest BCUT2D eigenvalue weighted by molar-refractivity contribution is 9.10. The summed E-state index contributed by atoms with van der Waals surface area (Å²) in [5, 5.41) is 12.6. The van der Waals surface area contributed by atoms with E-state index < -0.39 is 6.10 Å². The molecule has 0 heterocycles. The van der Waals surface area contributed by atoms with Crippen molar-refractivity contribution in [2.75, 3.05) is 20.7 Å². The highest BCUT2D eigenvalue weighted by Crippen LogP contribution is 2.27. The first-order valence-electron chi connectivity index (χ1n) is 4.35. The minimum Gasteiger partial charge on any atom is -0.496 e. The second-order valence-corrected chi connectivity index (χ2v) is 3.82. The van der Waals surface area contributed by atoms with Crippen LogP contribution in [-0.2, 0) is 0 Å². The van der Waals surface area contributed by atoms with E-state index in [2.05, 4.69) is 21.2 Å². The van der Waals surface area contributed by atoms with Crippen LogP contribution in [-0.4, -0.2) is 25.8 Å². The van der Waals surface area contributed by atoms with Crippen molar-refractivity contribution in [3.8, 4) is 5.75 Å². The first-order chi connectivity index (χ1) is 6.69. The lowest BCUT2D eigenvalue weighted by molar-refractivity contribution is 0.177. The van der Waals surface area contributed by atoms with E-state index >= 15 is 0 Å². The minimum atomic E-state index is -0.498. The Kier molecular flexibility index (Phi) is 4.38.